The summed E-state index contributed by atoms with van der Waals surface area (Å²) in [5.41, 5.74) is 3.42. The van der Waals surface area contributed by atoms with Gasteiger partial charge in [0.1, 0.15) is 0 Å². The Kier molecular flexibility index (Phi) is 6.93. The lowest BCUT2D eigenvalue weighted by atomic mass is 9.95. The number of hydrogen-bond acceptors (Lipinski definition) is 7. The summed E-state index contributed by atoms with van der Waals surface area (Å²) >= 11 is 1.29. The molecular weight excluding hydrogens is 464 g/mol. The number of carbonyl (C=O) groups is 1. The van der Waals surface area contributed by atoms with Crippen LogP contribution in [0.25, 0.3) is 6.08 Å². The minimum Gasteiger partial charge on any atom is -0.493 e. The molecule has 0 fully saturated rings. The molecule has 35 heavy (non-hydrogen) atoms. The van der Waals surface area contributed by atoms with Gasteiger partial charge in [0.05, 0.1) is 43.2 Å². The van der Waals surface area contributed by atoms with Crippen LogP contribution in [0, 0.1) is 0 Å². The Bertz CT molecular complexity index is 1480. The molecule has 1 atom stereocenters. The number of ether oxygens (including phenoxy) is 3. The van der Waals surface area contributed by atoms with Crippen molar-refractivity contribution in [3.63, 3.8) is 0 Å². The standard InChI is InChI=1S/C27H28N2O5S/c1-15(2)18-9-7-17(8-10-18)13-22-25(30)29-24(19-11-12-20(32-4)21(14-19)33-5)23(26(31)34-6)16(3)28-27(29)35-22/h7-15,24H,1-6H3. The summed E-state index contributed by atoms with van der Waals surface area (Å²) in [6.07, 6.45) is 1.86. The van der Waals surface area contributed by atoms with Crippen LogP contribution in [0.5, 0.6) is 11.5 Å². The maximum absolute atomic E-state index is 13.7. The molecule has 2 heterocycles. The monoisotopic (exact) mass is 492 g/mol. The summed E-state index contributed by atoms with van der Waals surface area (Å²) in [6, 6.07) is 12.8. The zero-order chi connectivity index (χ0) is 25.3. The third-order valence-corrected chi connectivity index (χ3v) is 7.03. The third kappa shape index (κ3) is 4.53. The Morgan fingerprint density at radius 1 is 1.06 bits per heavy atom. The molecule has 0 bridgehead atoms. The van der Waals surface area contributed by atoms with Gasteiger partial charge in [-0.25, -0.2) is 9.79 Å². The molecule has 3 aromatic rings. The van der Waals surface area contributed by atoms with E-state index in [0.717, 1.165) is 5.56 Å². The van der Waals surface area contributed by atoms with Crippen molar-refractivity contribution in [3.05, 3.63) is 90.1 Å². The van der Waals surface area contributed by atoms with Crippen LogP contribution in [0.1, 0.15) is 49.4 Å². The first kappa shape index (κ1) is 24.5. The zero-order valence-corrected chi connectivity index (χ0v) is 21.4. The molecule has 7 nitrogen and oxygen atoms in total. The first-order valence-electron chi connectivity index (χ1n) is 11.2. The summed E-state index contributed by atoms with van der Waals surface area (Å²) in [5.74, 6) is 0.935. The van der Waals surface area contributed by atoms with Gasteiger partial charge in [0.15, 0.2) is 16.3 Å². The van der Waals surface area contributed by atoms with Crippen molar-refractivity contribution in [2.45, 2.75) is 32.7 Å². The highest BCUT2D eigenvalue weighted by Crippen LogP contribution is 2.35. The first-order chi connectivity index (χ1) is 16.8. The maximum atomic E-state index is 13.7. The fourth-order valence-corrected chi connectivity index (χ4v) is 5.21. The normalized spacial score (nSPS) is 15.6. The van der Waals surface area contributed by atoms with Gasteiger partial charge in [0, 0.05) is 0 Å². The Labute approximate surface area is 207 Å². The predicted molar refractivity (Wildman–Crippen MR) is 136 cm³/mol. The summed E-state index contributed by atoms with van der Waals surface area (Å²) in [4.78, 5) is 31.6. The number of benzene rings is 2. The molecular formula is C27H28N2O5S. The van der Waals surface area contributed by atoms with E-state index in [2.05, 4.69) is 31.0 Å². The number of hydrogen-bond donors (Lipinski definition) is 0. The van der Waals surface area contributed by atoms with E-state index < -0.39 is 12.0 Å². The minimum atomic E-state index is -0.719. The fraction of sp³-hybridized carbons (Fsp3) is 0.296. The second kappa shape index (κ2) is 9.92. The van der Waals surface area contributed by atoms with Crippen molar-refractivity contribution in [2.75, 3.05) is 21.3 Å². The van der Waals surface area contributed by atoms with Gasteiger partial charge in [0.25, 0.3) is 5.56 Å². The number of esters is 1. The fourth-order valence-electron chi connectivity index (χ4n) is 4.16. The van der Waals surface area contributed by atoms with Crippen molar-refractivity contribution >= 4 is 23.4 Å². The summed E-state index contributed by atoms with van der Waals surface area (Å²) < 4.78 is 18.0. The molecule has 0 saturated heterocycles. The van der Waals surface area contributed by atoms with Crippen molar-refractivity contribution in [1.82, 2.24) is 4.57 Å². The van der Waals surface area contributed by atoms with E-state index >= 15 is 0 Å². The van der Waals surface area contributed by atoms with Gasteiger partial charge in [-0.15, -0.1) is 0 Å². The molecule has 182 valence electrons. The van der Waals surface area contributed by atoms with Crippen molar-refractivity contribution in [1.29, 1.82) is 0 Å². The van der Waals surface area contributed by atoms with E-state index in [1.807, 2.05) is 24.3 Å². The Morgan fingerprint density at radius 3 is 2.34 bits per heavy atom. The molecule has 0 amide bonds. The molecule has 2 aromatic carbocycles. The van der Waals surface area contributed by atoms with E-state index in [1.54, 1.807) is 37.8 Å². The molecule has 1 unspecified atom stereocenters. The van der Waals surface area contributed by atoms with Crippen LogP contribution in [0.15, 0.2) is 63.5 Å². The SMILES string of the molecule is COC(=O)C1=C(C)N=c2sc(=Cc3ccc(C(C)C)cc3)c(=O)n2C1c1ccc(OC)c(OC)c1. The Morgan fingerprint density at radius 2 is 1.74 bits per heavy atom. The zero-order valence-electron chi connectivity index (χ0n) is 20.6. The molecule has 8 heteroatoms. The average Bonchev–Trinajstić information content (AvgIpc) is 3.16. The second-order valence-electron chi connectivity index (χ2n) is 8.51. The Balaban J connectivity index is 1.93. The van der Waals surface area contributed by atoms with E-state index in [4.69, 9.17) is 14.2 Å². The highest BCUT2D eigenvalue weighted by Gasteiger charge is 2.33. The van der Waals surface area contributed by atoms with Gasteiger partial charge in [0.2, 0.25) is 0 Å². The molecule has 0 aliphatic carbocycles. The molecule has 4 rings (SSSR count). The Hall–Kier alpha value is -3.65. The molecule has 1 aliphatic rings. The van der Waals surface area contributed by atoms with Crippen LogP contribution >= 0.6 is 11.3 Å². The smallest absolute Gasteiger partial charge is 0.338 e. The van der Waals surface area contributed by atoms with Crippen LogP contribution in [-0.4, -0.2) is 31.9 Å². The van der Waals surface area contributed by atoms with Gasteiger partial charge >= 0.3 is 5.97 Å². The molecule has 1 aromatic heterocycles. The van der Waals surface area contributed by atoms with Crippen molar-refractivity contribution in [2.24, 2.45) is 4.99 Å². The maximum Gasteiger partial charge on any atom is 0.338 e. The van der Waals surface area contributed by atoms with Gasteiger partial charge in [-0.2, -0.15) is 0 Å². The van der Waals surface area contributed by atoms with Gasteiger partial charge in [-0.05, 0) is 47.7 Å². The van der Waals surface area contributed by atoms with Gasteiger partial charge in [-0.1, -0.05) is 55.5 Å². The topological polar surface area (TPSA) is 79.1 Å². The summed E-state index contributed by atoms with van der Waals surface area (Å²) in [7, 11) is 4.42. The third-order valence-electron chi connectivity index (χ3n) is 6.05. The number of carbonyl (C=O) groups excluding carboxylic acids is 1. The largest absolute Gasteiger partial charge is 0.493 e. The van der Waals surface area contributed by atoms with Crippen LogP contribution in [0.2, 0.25) is 0 Å². The van der Waals surface area contributed by atoms with Crippen LogP contribution < -0.4 is 24.4 Å². The number of thiazole rings is 1. The number of aromatic nitrogens is 1. The average molecular weight is 493 g/mol. The lowest BCUT2D eigenvalue weighted by Crippen LogP contribution is -2.39. The van der Waals surface area contributed by atoms with E-state index in [-0.39, 0.29) is 5.56 Å². The summed E-state index contributed by atoms with van der Waals surface area (Å²) in [5, 5.41) is 0. The lowest BCUT2D eigenvalue weighted by Gasteiger charge is -2.25. The van der Waals surface area contributed by atoms with Crippen molar-refractivity contribution < 1.29 is 19.0 Å². The molecule has 1 aliphatic heterocycles. The second-order valence-corrected chi connectivity index (χ2v) is 9.52. The lowest BCUT2D eigenvalue weighted by molar-refractivity contribution is -0.136. The van der Waals surface area contributed by atoms with Crippen molar-refractivity contribution in [3.8, 4) is 11.5 Å². The van der Waals surface area contributed by atoms with E-state index in [0.29, 0.717) is 43.6 Å². The summed E-state index contributed by atoms with van der Waals surface area (Å²) in [6.45, 7) is 6.03. The highest BCUT2D eigenvalue weighted by molar-refractivity contribution is 7.07. The molecule has 0 radical (unpaired) electrons. The van der Waals surface area contributed by atoms with Crippen LogP contribution in [0.4, 0.5) is 0 Å². The van der Waals surface area contributed by atoms with Crippen LogP contribution in [-0.2, 0) is 9.53 Å². The van der Waals surface area contributed by atoms with Crippen LogP contribution in [0.3, 0.4) is 0 Å². The predicted octanol–water partition coefficient (Wildman–Crippen LogP) is 3.55. The van der Waals surface area contributed by atoms with E-state index in [1.165, 1.54) is 24.0 Å². The molecule has 0 spiro atoms. The highest BCUT2D eigenvalue weighted by atomic mass is 32.1. The number of allylic oxidation sites excluding steroid dienone is 1. The quantitative estimate of drug-likeness (QED) is 0.492. The molecule has 0 N–H and O–H groups in total. The number of nitrogens with zero attached hydrogens (tertiary/aromatic N) is 2. The number of rotatable bonds is 6. The first-order valence-corrected chi connectivity index (χ1v) is 12.0. The van der Waals surface area contributed by atoms with Gasteiger partial charge < -0.3 is 14.2 Å². The number of methoxy groups -OCH3 is 3. The van der Waals surface area contributed by atoms with Gasteiger partial charge in [-0.3, -0.25) is 9.36 Å². The molecule has 0 saturated carbocycles. The minimum absolute atomic E-state index is 0.227. The number of fused-ring (bicyclic) bond motifs is 1. The van der Waals surface area contributed by atoms with E-state index in [9.17, 15) is 9.59 Å².